The number of H-pyrrole nitrogens is 1. The number of imide groups is 1. The predicted molar refractivity (Wildman–Crippen MR) is 128 cm³/mol. The van der Waals surface area contributed by atoms with Crippen LogP contribution < -0.4 is 0 Å². The van der Waals surface area contributed by atoms with E-state index in [-0.39, 0.29) is 28.6 Å². The van der Waals surface area contributed by atoms with Gasteiger partial charge in [-0.25, -0.2) is 4.98 Å². The minimum atomic E-state index is -4.55. The average Bonchev–Trinajstić information content (AvgIpc) is 3.48. The van der Waals surface area contributed by atoms with Gasteiger partial charge in [0, 0.05) is 10.4 Å². The van der Waals surface area contributed by atoms with E-state index in [9.17, 15) is 22.8 Å². The third-order valence-electron chi connectivity index (χ3n) is 5.48. The number of aromatic amines is 1. The Balaban J connectivity index is 1.39. The first kappa shape index (κ1) is 24.1. The molecule has 0 saturated carbocycles. The van der Waals surface area contributed by atoms with Crippen LogP contribution in [0.1, 0.15) is 28.3 Å². The van der Waals surface area contributed by atoms with Crippen molar-refractivity contribution in [2.45, 2.75) is 26.2 Å². The summed E-state index contributed by atoms with van der Waals surface area (Å²) in [5.74, 6) is 0.456. The number of hydrogen-bond donors (Lipinski definition) is 1. The Kier molecular flexibility index (Phi) is 6.08. The number of hydrogen-bond acceptors (Lipinski definition) is 6. The summed E-state index contributed by atoms with van der Waals surface area (Å²) in [6.45, 7) is 1.57. The topological polar surface area (TPSA) is 96.8 Å². The Morgan fingerprint density at radius 1 is 1.14 bits per heavy atom. The van der Waals surface area contributed by atoms with Crippen LogP contribution in [0.2, 0.25) is 5.02 Å². The van der Waals surface area contributed by atoms with Crippen molar-refractivity contribution in [3.63, 3.8) is 0 Å². The van der Waals surface area contributed by atoms with Crippen molar-refractivity contribution in [1.82, 2.24) is 29.9 Å². The van der Waals surface area contributed by atoms with E-state index in [1.165, 1.54) is 23.0 Å². The average molecular weight is 533 g/mol. The summed E-state index contributed by atoms with van der Waals surface area (Å²) in [5.41, 5.74) is 0.481. The molecule has 184 valence electrons. The van der Waals surface area contributed by atoms with E-state index >= 15 is 0 Å². The first-order valence-electron chi connectivity index (χ1n) is 10.5. The smallest absolute Gasteiger partial charge is 0.268 e. The van der Waals surface area contributed by atoms with Gasteiger partial charge in [-0.15, -0.1) is 0 Å². The molecule has 8 nitrogen and oxygen atoms in total. The van der Waals surface area contributed by atoms with Gasteiger partial charge < -0.3 is 0 Å². The zero-order valence-corrected chi connectivity index (χ0v) is 20.1. The molecular formula is C23H16ClF3N6O2S. The molecule has 0 unspecified atom stereocenters. The number of carbonyl (C=O) groups excluding carboxylic acids is 2. The van der Waals surface area contributed by atoms with E-state index in [0.29, 0.717) is 28.1 Å². The van der Waals surface area contributed by atoms with E-state index in [1.807, 2.05) is 0 Å². The molecular weight excluding hydrogens is 517 g/mol. The zero-order chi connectivity index (χ0) is 25.6. The number of aryl methyl sites for hydroxylation is 1. The van der Waals surface area contributed by atoms with E-state index in [4.69, 9.17) is 11.6 Å². The van der Waals surface area contributed by atoms with Crippen LogP contribution in [0.5, 0.6) is 0 Å². The van der Waals surface area contributed by atoms with Crippen molar-refractivity contribution >= 4 is 51.5 Å². The van der Waals surface area contributed by atoms with Crippen molar-refractivity contribution in [3.8, 4) is 0 Å². The van der Waals surface area contributed by atoms with Crippen molar-refractivity contribution in [3.05, 3.63) is 80.9 Å². The molecule has 0 bridgehead atoms. The number of thioether (sulfide) groups is 1. The Morgan fingerprint density at radius 3 is 2.67 bits per heavy atom. The van der Waals surface area contributed by atoms with Gasteiger partial charge in [0.25, 0.3) is 11.1 Å². The molecule has 1 N–H and O–H groups in total. The Hall–Kier alpha value is -3.64. The summed E-state index contributed by atoms with van der Waals surface area (Å²) < 4.78 is 41.9. The highest BCUT2D eigenvalue weighted by Crippen LogP contribution is 2.35. The maximum atomic E-state index is 13.5. The van der Waals surface area contributed by atoms with Gasteiger partial charge >= 0.3 is 6.18 Å². The molecule has 1 saturated heterocycles. The molecule has 1 aliphatic rings. The molecule has 0 atom stereocenters. The third-order valence-corrected chi connectivity index (χ3v) is 6.62. The van der Waals surface area contributed by atoms with Crippen LogP contribution in [0, 0.1) is 6.92 Å². The molecule has 2 amide bonds. The Bertz CT molecular complexity index is 1540. The predicted octanol–water partition coefficient (Wildman–Crippen LogP) is 5.42. The fraction of sp³-hybridized carbons (Fsp3) is 0.174. The molecule has 3 heterocycles. The summed E-state index contributed by atoms with van der Waals surface area (Å²) >= 11 is 6.59. The maximum absolute atomic E-state index is 13.5. The minimum Gasteiger partial charge on any atom is -0.268 e. The van der Waals surface area contributed by atoms with Crippen LogP contribution in [0.25, 0.3) is 17.0 Å². The van der Waals surface area contributed by atoms with Crippen molar-refractivity contribution < 1.29 is 22.8 Å². The molecule has 0 aliphatic carbocycles. The number of carbonyl (C=O) groups is 2. The number of alkyl halides is 3. The molecule has 5 rings (SSSR count). The van der Waals surface area contributed by atoms with Gasteiger partial charge in [-0.3, -0.25) is 24.3 Å². The van der Waals surface area contributed by atoms with Crippen LogP contribution in [0.4, 0.5) is 18.0 Å². The zero-order valence-electron chi connectivity index (χ0n) is 18.5. The van der Waals surface area contributed by atoms with Crippen LogP contribution in [-0.4, -0.2) is 41.0 Å². The van der Waals surface area contributed by atoms with Crippen LogP contribution in [-0.2, 0) is 24.1 Å². The lowest BCUT2D eigenvalue weighted by Crippen LogP contribution is -2.28. The van der Waals surface area contributed by atoms with E-state index < -0.39 is 22.9 Å². The van der Waals surface area contributed by atoms with Gasteiger partial charge in [0.2, 0.25) is 0 Å². The second kappa shape index (κ2) is 9.10. The van der Waals surface area contributed by atoms with E-state index in [1.54, 1.807) is 31.2 Å². The van der Waals surface area contributed by atoms with Crippen molar-refractivity contribution in [1.29, 1.82) is 0 Å². The minimum absolute atomic E-state index is 0.00110. The number of amides is 2. The lowest BCUT2D eigenvalue weighted by atomic mass is 10.1. The Morgan fingerprint density at radius 2 is 1.94 bits per heavy atom. The number of nitrogens with zero attached hydrogens (tertiary/aromatic N) is 5. The first-order valence-corrected chi connectivity index (χ1v) is 11.7. The van der Waals surface area contributed by atoms with Gasteiger partial charge in [0.1, 0.15) is 5.82 Å². The Labute approximate surface area is 211 Å². The molecule has 36 heavy (non-hydrogen) atoms. The molecule has 2 aromatic heterocycles. The molecule has 0 spiro atoms. The lowest BCUT2D eigenvalue weighted by Gasteiger charge is -2.14. The highest BCUT2D eigenvalue weighted by molar-refractivity contribution is 8.18. The van der Waals surface area contributed by atoms with Gasteiger partial charge in [-0.05, 0) is 60.2 Å². The summed E-state index contributed by atoms with van der Waals surface area (Å²) in [7, 11) is 0. The molecule has 13 heteroatoms. The highest BCUT2D eigenvalue weighted by atomic mass is 35.5. The SMILES string of the molecule is Cc1nc(CN2C(=O)SC(=Cc3ccc4c(cnn4Cc4ccc(Cl)cc4C(F)(F)F)c3)C2=O)n[nH]1. The van der Waals surface area contributed by atoms with Gasteiger partial charge in [-0.2, -0.15) is 23.4 Å². The number of nitrogens with one attached hydrogen (secondary N) is 1. The second-order valence-electron chi connectivity index (χ2n) is 8.02. The normalized spacial score (nSPS) is 15.6. The largest absolute Gasteiger partial charge is 0.416 e. The number of aromatic nitrogens is 5. The molecule has 1 fully saturated rings. The number of halogens is 4. The highest BCUT2D eigenvalue weighted by Gasteiger charge is 2.36. The van der Waals surface area contributed by atoms with Crippen LogP contribution >= 0.6 is 23.4 Å². The third kappa shape index (κ3) is 4.73. The lowest BCUT2D eigenvalue weighted by molar-refractivity contribution is -0.138. The fourth-order valence-electron chi connectivity index (χ4n) is 3.82. The number of rotatable bonds is 5. The summed E-state index contributed by atoms with van der Waals surface area (Å²) in [6.07, 6.45) is -1.43. The monoisotopic (exact) mass is 532 g/mol. The van der Waals surface area contributed by atoms with Gasteiger partial charge in [-0.1, -0.05) is 23.7 Å². The number of fused-ring (bicyclic) bond motifs is 1. The van der Waals surface area contributed by atoms with Crippen molar-refractivity contribution in [2.24, 2.45) is 0 Å². The van der Waals surface area contributed by atoms with E-state index in [0.717, 1.165) is 22.7 Å². The number of benzene rings is 2. The van der Waals surface area contributed by atoms with Gasteiger partial charge in [0.05, 0.1) is 35.3 Å². The van der Waals surface area contributed by atoms with Gasteiger partial charge in [0.15, 0.2) is 5.82 Å². The molecule has 4 aromatic rings. The first-order chi connectivity index (χ1) is 17.1. The maximum Gasteiger partial charge on any atom is 0.416 e. The summed E-state index contributed by atoms with van der Waals surface area (Å²) in [6, 6.07) is 8.81. The molecule has 0 radical (unpaired) electrons. The fourth-order valence-corrected chi connectivity index (χ4v) is 4.83. The quantitative estimate of drug-likeness (QED) is 0.345. The second-order valence-corrected chi connectivity index (χ2v) is 9.45. The molecule has 1 aliphatic heterocycles. The van der Waals surface area contributed by atoms with Crippen LogP contribution in [0.15, 0.2) is 47.5 Å². The van der Waals surface area contributed by atoms with E-state index in [2.05, 4.69) is 20.3 Å². The standard InChI is InChI=1S/C23H16ClF3N6O2S/c1-12-29-20(31-30-12)11-32-21(34)19(36-22(32)35)7-13-2-5-18-15(6-13)9-28-33(18)10-14-3-4-16(24)8-17(14)23(25,26)27/h2-9H,10-11H2,1H3,(H,29,30,31). The van der Waals surface area contributed by atoms with Crippen LogP contribution in [0.3, 0.4) is 0 Å². The summed E-state index contributed by atoms with van der Waals surface area (Å²) in [5, 5.41) is 11.1. The summed E-state index contributed by atoms with van der Waals surface area (Å²) in [4.78, 5) is 30.6. The molecule has 2 aromatic carbocycles. The van der Waals surface area contributed by atoms with Crippen molar-refractivity contribution in [2.75, 3.05) is 0 Å².